The van der Waals surface area contributed by atoms with E-state index in [2.05, 4.69) is 27.4 Å². The van der Waals surface area contributed by atoms with E-state index in [1.165, 1.54) is 35.6 Å². The highest BCUT2D eigenvalue weighted by Gasteiger charge is 2.29. The summed E-state index contributed by atoms with van der Waals surface area (Å²) in [6.45, 7) is 10.2. The second kappa shape index (κ2) is 14.3. The fraction of sp³-hybridized carbons (Fsp3) is 0.333. The van der Waals surface area contributed by atoms with Gasteiger partial charge in [0.1, 0.15) is 10.8 Å². The highest BCUT2D eigenvalue weighted by Crippen LogP contribution is 2.29. The second-order valence-electron chi connectivity index (χ2n) is 6.54. The molecule has 1 aromatic heterocycles. The summed E-state index contributed by atoms with van der Waals surface area (Å²) in [5.41, 5.74) is 1.96. The summed E-state index contributed by atoms with van der Waals surface area (Å²) >= 11 is 1.48. The highest BCUT2D eigenvalue weighted by atomic mass is 32.1. The summed E-state index contributed by atoms with van der Waals surface area (Å²) in [6.07, 6.45) is -1.03. The van der Waals surface area contributed by atoms with Crippen LogP contribution in [0, 0.1) is 12.7 Å². The van der Waals surface area contributed by atoms with Gasteiger partial charge < -0.3 is 10.6 Å². The highest BCUT2D eigenvalue weighted by molar-refractivity contribution is 7.15. The van der Waals surface area contributed by atoms with E-state index in [9.17, 15) is 17.6 Å². The Morgan fingerprint density at radius 1 is 1.06 bits per heavy atom. The average Bonchev–Trinajstić information content (AvgIpc) is 3.23. The number of hydrogen-bond donors (Lipinski definition) is 2. The molecule has 0 radical (unpaired) electrons. The van der Waals surface area contributed by atoms with E-state index >= 15 is 0 Å². The minimum absolute atomic E-state index is 0.236. The lowest BCUT2D eigenvalue weighted by Gasteiger charge is -2.07. The zero-order chi connectivity index (χ0) is 24.9. The zero-order valence-corrected chi connectivity index (χ0v) is 20.1. The van der Waals surface area contributed by atoms with Gasteiger partial charge in [-0.2, -0.15) is 13.2 Å². The number of rotatable bonds is 7. The minimum Gasteiger partial charge on any atom is -0.388 e. The van der Waals surface area contributed by atoms with Crippen LogP contribution in [0.1, 0.15) is 42.0 Å². The smallest absolute Gasteiger partial charge is 0.388 e. The Balaban J connectivity index is 0.000000354. The topological polar surface area (TPSA) is 49.8 Å². The molecule has 0 aliphatic carbocycles. The van der Waals surface area contributed by atoms with Gasteiger partial charge in [-0.05, 0) is 55.2 Å². The molecule has 0 unspecified atom stereocenters. The van der Waals surface area contributed by atoms with E-state index in [0.29, 0.717) is 0 Å². The molecule has 3 aromatic rings. The molecule has 180 valence electrons. The molecule has 2 aromatic carbocycles. The maximum absolute atomic E-state index is 12.6. The van der Waals surface area contributed by atoms with Crippen molar-refractivity contribution in [1.29, 1.82) is 0 Å². The van der Waals surface area contributed by atoms with Crippen molar-refractivity contribution in [2.45, 2.75) is 39.8 Å². The molecule has 0 spiro atoms. The van der Waals surface area contributed by atoms with Crippen LogP contribution < -0.4 is 10.6 Å². The Bertz CT molecular complexity index is 969. The van der Waals surface area contributed by atoms with Gasteiger partial charge in [0.25, 0.3) is 0 Å². The lowest BCUT2D eigenvalue weighted by atomic mass is 10.1. The van der Waals surface area contributed by atoms with Crippen molar-refractivity contribution in [3.63, 3.8) is 0 Å². The van der Waals surface area contributed by atoms with Gasteiger partial charge in [0, 0.05) is 19.3 Å². The Labute approximate surface area is 196 Å². The number of aryl methyl sites for hydroxylation is 2. The molecule has 0 aliphatic rings. The summed E-state index contributed by atoms with van der Waals surface area (Å²) in [7, 11) is 1.75. The molecule has 0 saturated heterocycles. The molecular formula is C24H30F4N4S. The first kappa shape index (κ1) is 28.1. The van der Waals surface area contributed by atoms with Crippen LogP contribution in [0.25, 0.3) is 6.08 Å². The van der Waals surface area contributed by atoms with Crippen molar-refractivity contribution in [3.8, 4) is 0 Å². The molecule has 1 heterocycles. The van der Waals surface area contributed by atoms with Crippen molar-refractivity contribution in [3.05, 3.63) is 76.6 Å². The average molecular weight is 483 g/mol. The number of anilines is 2. The molecule has 0 atom stereocenters. The molecular weight excluding hydrogens is 452 g/mol. The van der Waals surface area contributed by atoms with E-state index < -0.39 is 11.7 Å². The first-order valence-corrected chi connectivity index (χ1v) is 11.3. The minimum atomic E-state index is -4.27. The van der Waals surface area contributed by atoms with Crippen LogP contribution in [0.3, 0.4) is 0 Å². The largest absolute Gasteiger partial charge is 0.416 e. The van der Waals surface area contributed by atoms with E-state index in [4.69, 9.17) is 0 Å². The predicted molar refractivity (Wildman–Crippen MR) is 130 cm³/mol. The fourth-order valence-electron chi connectivity index (χ4n) is 2.64. The maximum atomic E-state index is 12.6. The number of hydrogen-bond acceptors (Lipinski definition) is 5. The van der Waals surface area contributed by atoms with E-state index in [1.54, 1.807) is 19.2 Å². The van der Waals surface area contributed by atoms with Crippen molar-refractivity contribution < 1.29 is 17.6 Å². The third kappa shape index (κ3) is 10.0. The summed E-state index contributed by atoms with van der Waals surface area (Å²) < 4.78 is 49.8. The van der Waals surface area contributed by atoms with Crippen LogP contribution in [0.5, 0.6) is 0 Å². The first-order valence-electron chi connectivity index (χ1n) is 10.5. The number of aromatic nitrogens is 2. The molecule has 9 heteroatoms. The molecule has 0 fully saturated rings. The van der Waals surface area contributed by atoms with Crippen LogP contribution >= 0.6 is 11.3 Å². The third-order valence-corrected chi connectivity index (χ3v) is 5.03. The van der Waals surface area contributed by atoms with Crippen LogP contribution in [0.4, 0.5) is 28.4 Å². The molecule has 0 aliphatic heterocycles. The summed E-state index contributed by atoms with van der Waals surface area (Å²) in [5, 5.41) is 15.5. The van der Waals surface area contributed by atoms with Crippen LogP contribution in [-0.2, 0) is 12.6 Å². The predicted octanol–water partition coefficient (Wildman–Crippen LogP) is 7.45. The second-order valence-corrected chi connectivity index (χ2v) is 7.72. The van der Waals surface area contributed by atoms with E-state index in [0.717, 1.165) is 58.5 Å². The maximum Gasteiger partial charge on any atom is 0.416 e. The molecule has 3 rings (SSSR count). The van der Waals surface area contributed by atoms with Gasteiger partial charge in [0.05, 0.1) is 5.56 Å². The van der Waals surface area contributed by atoms with Crippen molar-refractivity contribution in [1.82, 2.24) is 10.2 Å². The number of nitrogens with zero attached hydrogens (tertiary/aromatic N) is 2. The Morgan fingerprint density at radius 3 is 2.24 bits per heavy atom. The van der Waals surface area contributed by atoms with Crippen LogP contribution in [0.15, 0.2) is 49.0 Å². The zero-order valence-electron chi connectivity index (χ0n) is 19.3. The van der Waals surface area contributed by atoms with Crippen LogP contribution in [-0.4, -0.2) is 23.8 Å². The van der Waals surface area contributed by atoms with Gasteiger partial charge in [-0.3, -0.25) is 0 Å². The monoisotopic (exact) mass is 482 g/mol. The van der Waals surface area contributed by atoms with Gasteiger partial charge in [-0.25, -0.2) is 4.39 Å². The molecule has 33 heavy (non-hydrogen) atoms. The van der Waals surface area contributed by atoms with Gasteiger partial charge >= 0.3 is 6.18 Å². The quantitative estimate of drug-likeness (QED) is 0.271. The van der Waals surface area contributed by atoms with E-state index in [-0.39, 0.29) is 5.82 Å². The van der Waals surface area contributed by atoms with Gasteiger partial charge in [0.2, 0.25) is 5.13 Å². The molecule has 0 saturated carbocycles. The lowest BCUT2D eigenvalue weighted by molar-refractivity contribution is -0.137. The van der Waals surface area contributed by atoms with E-state index in [1.807, 2.05) is 20.8 Å². The SMILES string of the molecule is C=Cc1ccc(F)cc1NC.CC.Cc1nnc(NCCCc2ccc(C(F)(F)F)cc2)s1. The number of alkyl halides is 3. The number of benzene rings is 2. The van der Waals surface area contributed by atoms with Crippen molar-refractivity contribution in [2.24, 2.45) is 0 Å². The molecule has 0 amide bonds. The Morgan fingerprint density at radius 2 is 1.73 bits per heavy atom. The third-order valence-electron chi connectivity index (χ3n) is 4.23. The molecule has 4 nitrogen and oxygen atoms in total. The Kier molecular flexibility index (Phi) is 12.1. The van der Waals surface area contributed by atoms with Gasteiger partial charge in [-0.15, -0.1) is 10.2 Å². The molecule has 2 N–H and O–H groups in total. The summed E-state index contributed by atoms with van der Waals surface area (Å²) in [6, 6.07) is 9.84. The van der Waals surface area contributed by atoms with Crippen LogP contribution in [0.2, 0.25) is 0 Å². The standard InChI is InChI=1S/C13H14F3N3S.C9H10FN.C2H6/c1-9-18-19-12(20-9)17-8-2-3-10-4-6-11(7-5-10)13(14,15)16;1-3-7-4-5-8(10)6-9(7)11-2;1-2/h4-7H,2-3,8H2,1H3,(H,17,19);3-6,11H,1H2,2H3;1-2H3. The normalized spacial score (nSPS) is 10.3. The number of nitrogens with one attached hydrogen (secondary N) is 2. The van der Waals surface area contributed by atoms with Crippen molar-refractivity contribution in [2.75, 3.05) is 24.2 Å². The lowest BCUT2D eigenvalue weighted by Crippen LogP contribution is -2.05. The first-order chi connectivity index (χ1) is 15.7. The molecule has 0 bridgehead atoms. The van der Waals surface area contributed by atoms with Gasteiger partial charge in [-0.1, -0.05) is 56.0 Å². The van der Waals surface area contributed by atoms with Gasteiger partial charge in [0.15, 0.2) is 0 Å². The fourth-order valence-corrected chi connectivity index (χ4v) is 3.26. The number of halogens is 4. The summed E-state index contributed by atoms with van der Waals surface area (Å²) in [5.74, 6) is -0.236. The summed E-state index contributed by atoms with van der Waals surface area (Å²) in [4.78, 5) is 0. The van der Waals surface area contributed by atoms with Crippen molar-refractivity contribution >= 4 is 28.2 Å². The Hall–Kier alpha value is -2.94.